The Morgan fingerprint density at radius 1 is 1.10 bits per heavy atom. The van der Waals surface area contributed by atoms with Crippen LogP contribution in [-0.2, 0) is 4.74 Å². The summed E-state index contributed by atoms with van der Waals surface area (Å²) in [6.45, 7) is 2.47. The maximum atomic E-state index is 14.6. The highest BCUT2D eigenvalue weighted by Crippen LogP contribution is 2.32. The molecule has 0 atom stereocenters. The number of hydrogen-bond donors (Lipinski definition) is 1. The number of hydrogen-bond acceptors (Lipinski definition) is 5. The van der Waals surface area contributed by atoms with Crippen LogP contribution in [0.1, 0.15) is 36.0 Å². The van der Waals surface area contributed by atoms with Crippen molar-refractivity contribution in [2.75, 3.05) is 43.6 Å². The number of amides is 1. The molecule has 4 rings (SSSR count). The number of nitrogens with zero attached hydrogens (tertiary/aromatic N) is 1. The number of nitrogens with one attached hydrogen (secondary N) is 1. The molecule has 0 unspecified atom stereocenters. The van der Waals surface area contributed by atoms with Gasteiger partial charge in [0.2, 0.25) is 0 Å². The summed E-state index contributed by atoms with van der Waals surface area (Å²) >= 11 is 0. The molecule has 1 saturated carbocycles. The molecule has 2 fully saturated rings. The lowest BCUT2D eigenvalue weighted by Gasteiger charge is -2.29. The van der Waals surface area contributed by atoms with Crippen molar-refractivity contribution in [1.29, 1.82) is 0 Å². The lowest BCUT2D eigenvalue weighted by atomic mass is 10.1. The van der Waals surface area contributed by atoms with Gasteiger partial charge in [-0.1, -0.05) is 0 Å². The van der Waals surface area contributed by atoms with E-state index in [9.17, 15) is 9.18 Å². The van der Waals surface area contributed by atoms with Gasteiger partial charge in [0.15, 0.2) is 11.5 Å². The van der Waals surface area contributed by atoms with Crippen LogP contribution in [-0.4, -0.2) is 45.4 Å². The second kappa shape index (κ2) is 9.34. The molecule has 1 saturated heterocycles. The van der Waals surface area contributed by atoms with Gasteiger partial charge in [-0.3, -0.25) is 4.79 Å². The van der Waals surface area contributed by atoms with Crippen molar-refractivity contribution >= 4 is 17.3 Å². The molecule has 1 amide bonds. The summed E-state index contributed by atoms with van der Waals surface area (Å²) < 4.78 is 31.3. The second-order valence-corrected chi connectivity index (χ2v) is 7.61. The van der Waals surface area contributed by atoms with Crippen molar-refractivity contribution in [1.82, 2.24) is 0 Å². The number of methoxy groups -OCH3 is 1. The van der Waals surface area contributed by atoms with E-state index in [1.807, 2.05) is 4.90 Å². The fourth-order valence-electron chi connectivity index (χ4n) is 3.94. The third-order valence-corrected chi connectivity index (χ3v) is 5.58. The number of carbonyl (C=O) groups excluding carboxylic acids is 1. The Kier molecular flexibility index (Phi) is 6.38. The Bertz CT molecular complexity index is 893. The monoisotopic (exact) mass is 414 g/mol. The van der Waals surface area contributed by atoms with Crippen molar-refractivity contribution < 1.29 is 23.4 Å². The van der Waals surface area contributed by atoms with Crippen LogP contribution in [0.25, 0.3) is 0 Å². The van der Waals surface area contributed by atoms with Gasteiger partial charge in [0, 0.05) is 24.3 Å². The predicted octanol–water partition coefficient (Wildman–Crippen LogP) is 4.24. The fraction of sp³-hybridized carbons (Fsp3) is 0.435. The zero-order chi connectivity index (χ0) is 20.9. The van der Waals surface area contributed by atoms with Crippen molar-refractivity contribution in [3.8, 4) is 11.5 Å². The van der Waals surface area contributed by atoms with Crippen LogP contribution < -0.4 is 19.7 Å². The van der Waals surface area contributed by atoms with E-state index in [2.05, 4.69) is 5.32 Å². The van der Waals surface area contributed by atoms with Crippen molar-refractivity contribution in [2.45, 2.75) is 31.8 Å². The highest BCUT2D eigenvalue weighted by atomic mass is 19.1. The van der Waals surface area contributed by atoms with Gasteiger partial charge in [-0.25, -0.2) is 4.39 Å². The van der Waals surface area contributed by atoms with Gasteiger partial charge in [0.1, 0.15) is 5.82 Å². The minimum Gasteiger partial charge on any atom is -0.493 e. The molecule has 1 aliphatic heterocycles. The van der Waals surface area contributed by atoms with E-state index >= 15 is 0 Å². The molecule has 2 aromatic rings. The van der Waals surface area contributed by atoms with E-state index in [0.717, 1.165) is 12.8 Å². The highest BCUT2D eigenvalue weighted by molar-refractivity contribution is 6.04. The van der Waals surface area contributed by atoms with E-state index in [1.54, 1.807) is 37.4 Å². The van der Waals surface area contributed by atoms with Crippen LogP contribution in [0.4, 0.5) is 15.8 Å². The fourth-order valence-corrected chi connectivity index (χ4v) is 3.94. The molecule has 30 heavy (non-hydrogen) atoms. The first-order chi connectivity index (χ1) is 14.6. The van der Waals surface area contributed by atoms with Crippen LogP contribution in [0.5, 0.6) is 11.5 Å². The number of rotatable bonds is 6. The zero-order valence-corrected chi connectivity index (χ0v) is 17.2. The third-order valence-electron chi connectivity index (χ3n) is 5.58. The second-order valence-electron chi connectivity index (χ2n) is 7.61. The van der Waals surface area contributed by atoms with Gasteiger partial charge >= 0.3 is 0 Å². The molecule has 7 heteroatoms. The van der Waals surface area contributed by atoms with Crippen LogP contribution in [0.2, 0.25) is 0 Å². The van der Waals surface area contributed by atoms with E-state index in [-0.39, 0.29) is 17.8 Å². The number of halogens is 1. The van der Waals surface area contributed by atoms with Gasteiger partial charge in [0.05, 0.1) is 32.1 Å². The van der Waals surface area contributed by atoms with Crippen LogP contribution in [0, 0.1) is 5.82 Å². The van der Waals surface area contributed by atoms with E-state index in [4.69, 9.17) is 14.2 Å². The van der Waals surface area contributed by atoms with Gasteiger partial charge in [-0.2, -0.15) is 0 Å². The molecule has 0 aromatic heterocycles. The molecule has 1 aliphatic carbocycles. The topological polar surface area (TPSA) is 60.0 Å². The summed E-state index contributed by atoms with van der Waals surface area (Å²) in [6.07, 6.45) is 4.63. The first-order valence-electron chi connectivity index (χ1n) is 10.4. The molecule has 0 spiro atoms. The SMILES string of the molecule is COc1cc(C(=O)Nc2ccc(N3CCOCC3)c(F)c2)ccc1OC1CCCC1. The zero-order valence-electron chi connectivity index (χ0n) is 17.2. The summed E-state index contributed by atoms with van der Waals surface area (Å²) in [5.74, 6) is 0.456. The number of morpholine rings is 1. The summed E-state index contributed by atoms with van der Waals surface area (Å²) in [5, 5.41) is 2.75. The minimum absolute atomic E-state index is 0.200. The number of benzene rings is 2. The van der Waals surface area contributed by atoms with Gasteiger partial charge in [0.25, 0.3) is 5.91 Å². The lowest BCUT2D eigenvalue weighted by Crippen LogP contribution is -2.36. The summed E-state index contributed by atoms with van der Waals surface area (Å²) in [5.41, 5.74) is 1.34. The number of anilines is 2. The largest absolute Gasteiger partial charge is 0.493 e. The van der Waals surface area contributed by atoms with Gasteiger partial charge in [-0.05, 0) is 62.1 Å². The van der Waals surface area contributed by atoms with E-state index in [0.29, 0.717) is 54.7 Å². The molecule has 160 valence electrons. The lowest BCUT2D eigenvalue weighted by molar-refractivity contribution is 0.102. The summed E-state index contributed by atoms with van der Waals surface area (Å²) in [7, 11) is 1.55. The van der Waals surface area contributed by atoms with Crippen LogP contribution in [0.15, 0.2) is 36.4 Å². The maximum Gasteiger partial charge on any atom is 0.255 e. The minimum atomic E-state index is -0.368. The molecule has 2 aromatic carbocycles. The van der Waals surface area contributed by atoms with Crippen molar-refractivity contribution in [3.63, 3.8) is 0 Å². The molecular weight excluding hydrogens is 387 g/mol. The van der Waals surface area contributed by atoms with Crippen LogP contribution >= 0.6 is 0 Å². The average Bonchev–Trinajstić information content (AvgIpc) is 3.28. The van der Waals surface area contributed by atoms with Crippen molar-refractivity contribution in [2.24, 2.45) is 0 Å². The Morgan fingerprint density at radius 3 is 2.57 bits per heavy atom. The van der Waals surface area contributed by atoms with E-state index < -0.39 is 0 Å². The molecule has 2 aliphatic rings. The molecule has 0 radical (unpaired) electrons. The molecule has 0 bridgehead atoms. The maximum absolute atomic E-state index is 14.6. The number of ether oxygens (including phenoxy) is 3. The van der Waals surface area contributed by atoms with Gasteiger partial charge < -0.3 is 24.4 Å². The van der Waals surface area contributed by atoms with Crippen LogP contribution in [0.3, 0.4) is 0 Å². The molecule has 1 N–H and O–H groups in total. The quantitative estimate of drug-likeness (QED) is 0.766. The first kappa shape index (κ1) is 20.5. The smallest absolute Gasteiger partial charge is 0.255 e. The normalized spacial score (nSPS) is 17.1. The number of carbonyl (C=O) groups is 1. The van der Waals surface area contributed by atoms with Gasteiger partial charge in [-0.15, -0.1) is 0 Å². The first-order valence-corrected chi connectivity index (χ1v) is 10.4. The Balaban J connectivity index is 1.44. The average molecular weight is 414 g/mol. The van der Waals surface area contributed by atoms with E-state index in [1.165, 1.54) is 18.9 Å². The third kappa shape index (κ3) is 4.67. The standard InChI is InChI=1S/C23H27FN2O4/c1-28-22-14-16(6-9-21(22)30-18-4-2-3-5-18)23(27)25-17-7-8-20(19(24)15-17)26-10-12-29-13-11-26/h6-9,14-15,18H,2-5,10-13H2,1H3,(H,25,27). The molecular formula is C23H27FN2O4. The summed E-state index contributed by atoms with van der Waals surface area (Å²) in [4.78, 5) is 14.6. The Morgan fingerprint density at radius 2 is 1.87 bits per heavy atom. The molecule has 1 heterocycles. The Hall–Kier alpha value is -2.80. The Labute approximate surface area is 175 Å². The highest BCUT2D eigenvalue weighted by Gasteiger charge is 2.20. The predicted molar refractivity (Wildman–Crippen MR) is 113 cm³/mol. The molecule has 6 nitrogen and oxygen atoms in total. The van der Waals surface area contributed by atoms with Crippen molar-refractivity contribution in [3.05, 3.63) is 47.8 Å². The summed E-state index contributed by atoms with van der Waals surface area (Å²) in [6, 6.07) is 9.85.